The van der Waals surface area contributed by atoms with Gasteiger partial charge in [0.2, 0.25) is 5.91 Å². The van der Waals surface area contributed by atoms with Crippen LogP contribution in [0.15, 0.2) is 24.3 Å². The van der Waals surface area contributed by atoms with Crippen LogP contribution in [0.1, 0.15) is 6.92 Å². The molecule has 1 aromatic carbocycles. The van der Waals surface area contributed by atoms with Crippen molar-refractivity contribution in [2.24, 2.45) is 11.5 Å². The molecule has 5 heteroatoms. The minimum atomic E-state index is -0.706. The maximum absolute atomic E-state index is 10.9. The van der Waals surface area contributed by atoms with Crippen molar-refractivity contribution >= 4 is 11.6 Å². The fraction of sp³-hybridized carbons (Fsp3) is 0.364. The zero-order chi connectivity index (χ0) is 12.1. The summed E-state index contributed by atoms with van der Waals surface area (Å²) in [5.41, 5.74) is 11.5. The van der Waals surface area contributed by atoms with Gasteiger partial charge in [0.1, 0.15) is 11.8 Å². The highest BCUT2D eigenvalue weighted by Gasteiger charge is 2.14. The Kier molecular flexibility index (Phi) is 4.13. The number of amides is 1. The fourth-order valence-corrected chi connectivity index (χ4v) is 1.43. The molecule has 0 heterocycles. The van der Waals surface area contributed by atoms with E-state index in [2.05, 4.69) is 0 Å². The second-order valence-corrected chi connectivity index (χ2v) is 3.57. The van der Waals surface area contributed by atoms with Crippen LogP contribution in [0.25, 0.3) is 0 Å². The van der Waals surface area contributed by atoms with Gasteiger partial charge in [-0.05, 0) is 19.1 Å². The summed E-state index contributed by atoms with van der Waals surface area (Å²) in [5, 5.41) is 9.35. The van der Waals surface area contributed by atoms with Gasteiger partial charge in [-0.25, -0.2) is 0 Å². The van der Waals surface area contributed by atoms with Gasteiger partial charge in [0.25, 0.3) is 0 Å². The number of likely N-dealkylation sites (N-methyl/N-ethyl adjacent to an activating group) is 1. The van der Waals surface area contributed by atoms with E-state index in [-0.39, 0.29) is 5.75 Å². The van der Waals surface area contributed by atoms with Crippen LogP contribution in [-0.2, 0) is 4.79 Å². The number of benzene rings is 1. The minimum absolute atomic E-state index is 0.184. The van der Waals surface area contributed by atoms with E-state index in [0.717, 1.165) is 5.69 Å². The number of anilines is 1. The molecule has 5 nitrogen and oxygen atoms in total. The van der Waals surface area contributed by atoms with E-state index in [1.165, 1.54) is 0 Å². The molecule has 1 unspecified atom stereocenters. The third-order valence-electron chi connectivity index (χ3n) is 2.36. The van der Waals surface area contributed by atoms with Crippen LogP contribution in [0.4, 0.5) is 5.69 Å². The van der Waals surface area contributed by atoms with E-state index < -0.39 is 11.9 Å². The lowest BCUT2D eigenvalue weighted by Crippen LogP contribution is -2.46. The summed E-state index contributed by atoms with van der Waals surface area (Å²) in [7, 11) is 0. The molecule has 0 radical (unpaired) electrons. The molecule has 1 amide bonds. The van der Waals surface area contributed by atoms with Crippen molar-refractivity contribution in [3.8, 4) is 5.75 Å². The predicted molar refractivity (Wildman–Crippen MR) is 63.2 cm³/mol. The summed E-state index contributed by atoms with van der Waals surface area (Å²) in [5.74, 6) is -0.345. The van der Waals surface area contributed by atoms with Crippen molar-refractivity contribution in [2.75, 3.05) is 18.0 Å². The third kappa shape index (κ3) is 3.13. The Morgan fingerprint density at radius 3 is 2.75 bits per heavy atom. The number of carbonyl (C=O) groups excluding carboxylic acids is 1. The number of hydrogen-bond donors (Lipinski definition) is 3. The monoisotopic (exact) mass is 223 g/mol. The van der Waals surface area contributed by atoms with Crippen molar-refractivity contribution in [1.29, 1.82) is 0 Å². The van der Waals surface area contributed by atoms with Crippen LogP contribution in [0.2, 0.25) is 0 Å². The molecule has 0 aliphatic rings. The molecule has 1 atom stereocenters. The second kappa shape index (κ2) is 5.37. The molecule has 1 aromatic rings. The topological polar surface area (TPSA) is 92.6 Å². The average Bonchev–Trinajstić information content (AvgIpc) is 2.25. The van der Waals surface area contributed by atoms with Crippen LogP contribution in [0.5, 0.6) is 5.75 Å². The maximum Gasteiger partial charge on any atom is 0.236 e. The van der Waals surface area contributed by atoms with E-state index in [1.807, 2.05) is 17.9 Å². The first kappa shape index (κ1) is 12.3. The highest BCUT2D eigenvalue weighted by Crippen LogP contribution is 2.19. The standard InChI is InChI=1S/C11H17N3O2/c1-2-14(7-10(12)11(13)16)8-4-3-5-9(15)6-8/h3-6,10,15H,2,7,12H2,1H3,(H2,13,16). The quantitative estimate of drug-likeness (QED) is 0.656. The van der Waals surface area contributed by atoms with Crippen molar-refractivity contribution < 1.29 is 9.90 Å². The van der Waals surface area contributed by atoms with Gasteiger partial charge in [-0.3, -0.25) is 4.79 Å². The van der Waals surface area contributed by atoms with E-state index in [4.69, 9.17) is 11.5 Å². The summed E-state index contributed by atoms with van der Waals surface area (Å²) in [6, 6.07) is 6.09. The lowest BCUT2D eigenvalue weighted by Gasteiger charge is -2.25. The summed E-state index contributed by atoms with van der Waals surface area (Å²) in [6.07, 6.45) is 0. The average molecular weight is 223 g/mol. The first-order valence-corrected chi connectivity index (χ1v) is 5.13. The van der Waals surface area contributed by atoms with E-state index in [1.54, 1.807) is 18.2 Å². The predicted octanol–water partition coefficient (Wildman–Crippen LogP) is 0.0311. The normalized spacial score (nSPS) is 12.1. The van der Waals surface area contributed by atoms with E-state index in [0.29, 0.717) is 13.1 Å². The molecular weight excluding hydrogens is 206 g/mol. The number of primary amides is 1. The minimum Gasteiger partial charge on any atom is -0.508 e. The number of nitrogens with zero attached hydrogens (tertiary/aromatic N) is 1. The first-order valence-electron chi connectivity index (χ1n) is 5.13. The number of aromatic hydroxyl groups is 1. The number of phenolic OH excluding ortho intramolecular Hbond substituents is 1. The number of rotatable bonds is 5. The van der Waals surface area contributed by atoms with Gasteiger partial charge in [-0.15, -0.1) is 0 Å². The van der Waals surface area contributed by atoms with Gasteiger partial charge >= 0.3 is 0 Å². The number of nitrogens with two attached hydrogens (primary N) is 2. The Balaban J connectivity index is 2.78. The van der Waals surface area contributed by atoms with Gasteiger partial charge < -0.3 is 21.5 Å². The molecule has 1 rings (SSSR count). The summed E-state index contributed by atoms with van der Waals surface area (Å²) < 4.78 is 0. The molecule has 88 valence electrons. The highest BCUT2D eigenvalue weighted by atomic mass is 16.3. The zero-order valence-electron chi connectivity index (χ0n) is 9.26. The molecule has 0 spiro atoms. The Morgan fingerprint density at radius 1 is 1.56 bits per heavy atom. The van der Waals surface area contributed by atoms with Gasteiger partial charge in [0, 0.05) is 24.8 Å². The Labute approximate surface area is 94.7 Å². The van der Waals surface area contributed by atoms with Gasteiger partial charge in [-0.2, -0.15) is 0 Å². The molecule has 0 aliphatic heterocycles. The lowest BCUT2D eigenvalue weighted by atomic mass is 10.2. The molecule has 0 saturated heterocycles. The van der Waals surface area contributed by atoms with Crippen molar-refractivity contribution in [1.82, 2.24) is 0 Å². The number of carbonyl (C=O) groups is 1. The summed E-state index contributed by atoms with van der Waals surface area (Å²) >= 11 is 0. The molecule has 16 heavy (non-hydrogen) atoms. The molecular formula is C11H17N3O2. The second-order valence-electron chi connectivity index (χ2n) is 3.57. The Morgan fingerprint density at radius 2 is 2.25 bits per heavy atom. The van der Waals surface area contributed by atoms with Crippen LogP contribution in [0, 0.1) is 0 Å². The van der Waals surface area contributed by atoms with Crippen LogP contribution in [0.3, 0.4) is 0 Å². The lowest BCUT2D eigenvalue weighted by molar-refractivity contribution is -0.119. The molecule has 0 fully saturated rings. The van der Waals surface area contributed by atoms with E-state index >= 15 is 0 Å². The van der Waals surface area contributed by atoms with Crippen LogP contribution in [-0.4, -0.2) is 30.1 Å². The van der Waals surface area contributed by atoms with Crippen molar-refractivity contribution in [3.63, 3.8) is 0 Å². The van der Waals surface area contributed by atoms with Crippen molar-refractivity contribution in [3.05, 3.63) is 24.3 Å². The molecule has 5 N–H and O–H groups in total. The number of phenols is 1. The smallest absolute Gasteiger partial charge is 0.236 e. The molecule has 0 aliphatic carbocycles. The van der Waals surface area contributed by atoms with Crippen molar-refractivity contribution in [2.45, 2.75) is 13.0 Å². The molecule has 0 bridgehead atoms. The highest BCUT2D eigenvalue weighted by molar-refractivity contribution is 5.80. The fourth-order valence-electron chi connectivity index (χ4n) is 1.43. The zero-order valence-corrected chi connectivity index (χ0v) is 9.26. The van der Waals surface area contributed by atoms with E-state index in [9.17, 15) is 9.90 Å². The Hall–Kier alpha value is -1.75. The van der Waals surface area contributed by atoms with Gasteiger partial charge in [0.05, 0.1) is 0 Å². The summed E-state index contributed by atoms with van der Waals surface area (Å²) in [4.78, 5) is 12.8. The number of hydrogen-bond acceptors (Lipinski definition) is 4. The van der Waals surface area contributed by atoms with Crippen LogP contribution >= 0.6 is 0 Å². The third-order valence-corrected chi connectivity index (χ3v) is 2.36. The van der Waals surface area contributed by atoms with Crippen LogP contribution < -0.4 is 16.4 Å². The Bertz CT molecular complexity index is 368. The maximum atomic E-state index is 10.9. The molecule has 0 saturated carbocycles. The molecule has 0 aromatic heterocycles. The SMILES string of the molecule is CCN(CC(N)C(N)=O)c1cccc(O)c1. The summed E-state index contributed by atoms with van der Waals surface area (Å²) in [6.45, 7) is 2.97. The first-order chi connectivity index (χ1) is 7.54. The van der Waals surface area contributed by atoms with Gasteiger partial charge in [-0.1, -0.05) is 6.07 Å². The van der Waals surface area contributed by atoms with Gasteiger partial charge in [0.15, 0.2) is 0 Å². The largest absolute Gasteiger partial charge is 0.508 e.